The summed E-state index contributed by atoms with van der Waals surface area (Å²) in [5.41, 5.74) is 1.04. The predicted molar refractivity (Wildman–Crippen MR) is 89.0 cm³/mol. The molecule has 6 nitrogen and oxygen atoms in total. The lowest BCUT2D eigenvalue weighted by atomic mass is 10.1. The molecule has 0 aliphatic carbocycles. The Balaban J connectivity index is 1.35. The summed E-state index contributed by atoms with van der Waals surface area (Å²) >= 11 is 0. The van der Waals surface area contributed by atoms with Gasteiger partial charge in [0.1, 0.15) is 18.5 Å². The molecule has 1 saturated heterocycles. The van der Waals surface area contributed by atoms with E-state index in [0.717, 1.165) is 31.6 Å². The van der Waals surface area contributed by atoms with Crippen LogP contribution in [0, 0.1) is 11.7 Å². The van der Waals surface area contributed by atoms with Gasteiger partial charge in [-0.25, -0.2) is 9.37 Å². The molecule has 2 aromatic rings. The van der Waals surface area contributed by atoms with Crippen molar-refractivity contribution in [2.75, 3.05) is 24.5 Å². The first-order valence-electron chi connectivity index (χ1n) is 8.30. The van der Waals surface area contributed by atoms with Crippen molar-refractivity contribution in [3.05, 3.63) is 42.7 Å². The summed E-state index contributed by atoms with van der Waals surface area (Å²) in [4.78, 5) is 18.0. The molecule has 1 aromatic carbocycles. The summed E-state index contributed by atoms with van der Waals surface area (Å²) in [6.07, 6.45) is 5.43. The molecule has 1 N–H and O–H groups in total. The first kappa shape index (κ1) is 16.4. The highest BCUT2D eigenvalue weighted by Crippen LogP contribution is 2.23. The molecular formula is C17H22FN5O. The Kier molecular flexibility index (Phi) is 5.40. The van der Waals surface area contributed by atoms with Crippen molar-refractivity contribution in [3.63, 3.8) is 0 Å². The van der Waals surface area contributed by atoms with E-state index in [0.29, 0.717) is 25.4 Å². The van der Waals surface area contributed by atoms with Crippen LogP contribution in [0.3, 0.4) is 0 Å². The largest absolute Gasteiger partial charge is 0.371 e. The van der Waals surface area contributed by atoms with Gasteiger partial charge in [0.15, 0.2) is 0 Å². The average molecular weight is 331 g/mol. The molecule has 1 amide bonds. The zero-order valence-corrected chi connectivity index (χ0v) is 13.6. The van der Waals surface area contributed by atoms with E-state index < -0.39 is 0 Å². The van der Waals surface area contributed by atoms with Crippen LogP contribution in [0.25, 0.3) is 0 Å². The molecule has 7 heteroatoms. The van der Waals surface area contributed by atoms with Crippen molar-refractivity contribution in [2.45, 2.75) is 25.8 Å². The molecule has 2 heterocycles. The van der Waals surface area contributed by atoms with Gasteiger partial charge in [-0.15, -0.1) is 0 Å². The fraction of sp³-hybridized carbons (Fsp3) is 0.471. The van der Waals surface area contributed by atoms with Gasteiger partial charge in [-0.1, -0.05) is 0 Å². The first-order chi connectivity index (χ1) is 11.7. The van der Waals surface area contributed by atoms with E-state index >= 15 is 0 Å². The second kappa shape index (κ2) is 7.90. The maximum absolute atomic E-state index is 13.0. The summed E-state index contributed by atoms with van der Waals surface area (Å²) in [5, 5.41) is 7.02. The number of rotatable bonds is 7. The van der Waals surface area contributed by atoms with Gasteiger partial charge < -0.3 is 10.2 Å². The third-order valence-electron chi connectivity index (χ3n) is 4.32. The van der Waals surface area contributed by atoms with Crippen LogP contribution in [0.4, 0.5) is 10.1 Å². The molecule has 128 valence electrons. The number of nitrogens with zero attached hydrogens (tertiary/aromatic N) is 4. The van der Waals surface area contributed by atoms with Crippen LogP contribution in [0.2, 0.25) is 0 Å². The van der Waals surface area contributed by atoms with Crippen molar-refractivity contribution in [2.24, 2.45) is 5.92 Å². The smallest absolute Gasteiger partial charge is 0.220 e. The zero-order valence-electron chi connectivity index (χ0n) is 13.6. The lowest BCUT2D eigenvalue weighted by molar-refractivity contribution is -0.121. The van der Waals surface area contributed by atoms with Crippen LogP contribution in [0.1, 0.15) is 19.3 Å². The molecule has 1 aromatic heterocycles. The quantitative estimate of drug-likeness (QED) is 0.841. The van der Waals surface area contributed by atoms with Gasteiger partial charge in [0, 0.05) is 38.3 Å². The van der Waals surface area contributed by atoms with Gasteiger partial charge in [0.25, 0.3) is 0 Å². The van der Waals surface area contributed by atoms with Crippen LogP contribution in [-0.2, 0) is 11.3 Å². The van der Waals surface area contributed by atoms with Crippen molar-refractivity contribution in [1.82, 2.24) is 20.1 Å². The molecule has 1 fully saturated rings. The molecule has 3 rings (SSSR count). The van der Waals surface area contributed by atoms with Gasteiger partial charge in [0.2, 0.25) is 5.91 Å². The maximum atomic E-state index is 13.0. The van der Waals surface area contributed by atoms with Gasteiger partial charge in [-0.3, -0.25) is 9.48 Å². The summed E-state index contributed by atoms with van der Waals surface area (Å²) in [6.45, 7) is 3.23. The van der Waals surface area contributed by atoms with E-state index in [9.17, 15) is 9.18 Å². The average Bonchev–Trinajstić information content (AvgIpc) is 3.25. The monoisotopic (exact) mass is 331 g/mol. The topological polar surface area (TPSA) is 63.1 Å². The van der Waals surface area contributed by atoms with Gasteiger partial charge >= 0.3 is 0 Å². The second-order valence-corrected chi connectivity index (χ2v) is 6.14. The molecule has 24 heavy (non-hydrogen) atoms. The number of nitrogens with one attached hydrogen (secondary N) is 1. The fourth-order valence-electron chi connectivity index (χ4n) is 2.98. The van der Waals surface area contributed by atoms with Crippen molar-refractivity contribution >= 4 is 11.6 Å². The van der Waals surface area contributed by atoms with Crippen molar-refractivity contribution in [3.8, 4) is 0 Å². The predicted octanol–water partition coefficient (Wildman–Crippen LogP) is 1.84. The van der Waals surface area contributed by atoms with E-state index in [-0.39, 0.29) is 11.7 Å². The first-order valence-corrected chi connectivity index (χ1v) is 8.30. The minimum absolute atomic E-state index is 0.0790. The lowest BCUT2D eigenvalue weighted by Crippen LogP contribution is -2.31. The van der Waals surface area contributed by atoms with Crippen LogP contribution >= 0.6 is 0 Å². The van der Waals surface area contributed by atoms with Crippen LogP contribution in [0.5, 0.6) is 0 Å². The Morgan fingerprint density at radius 1 is 1.33 bits per heavy atom. The summed E-state index contributed by atoms with van der Waals surface area (Å²) in [6, 6.07) is 6.58. The minimum atomic E-state index is -0.215. The van der Waals surface area contributed by atoms with Gasteiger partial charge in [0.05, 0.1) is 0 Å². The Morgan fingerprint density at radius 3 is 2.92 bits per heavy atom. The highest BCUT2D eigenvalue weighted by Gasteiger charge is 2.23. The number of hydrogen-bond acceptors (Lipinski definition) is 4. The Hall–Kier alpha value is -2.44. The standard InChI is InChI=1S/C17H22FN5O/c18-15-3-5-16(6-4-15)22-9-7-14(11-22)10-20-17(24)2-1-8-23-13-19-12-21-23/h3-6,12-14H,1-2,7-11H2,(H,20,24)/t14-/m1/s1. The van der Waals surface area contributed by atoms with E-state index in [2.05, 4.69) is 20.3 Å². The summed E-state index contributed by atoms with van der Waals surface area (Å²) < 4.78 is 14.7. The molecule has 1 aliphatic heterocycles. The Morgan fingerprint density at radius 2 is 2.17 bits per heavy atom. The zero-order chi connectivity index (χ0) is 16.8. The summed E-state index contributed by atoms with van der Waals surface area (Å²) in [5.74, 6) is 0.303. The third kappa shape index (κ3) is 4.53. The normalized spacial score (nSPS) is 17.2. The van der Waals surface area contributed by atoms with E-state index in [4.69, 9.17) is 0 Å². The number of benzene rings is 1. The number of halogens is 1. The van der Waals surface area contributed by atoms with Crippen LogP contribution < -0.4 is 10.2 Å². The van der Waals surface area contributed by atoms with E-state index in [1.165, 1.54) is 18.5 Å². The molecule has 1 atom stereocenters. The van der Waals surface area contributed by atoms with Crippen LogP contribution in [-0.4, -0.2) is 40.3 Å². The molecular weight excluding hydrogens is 309 g/mol. The number of aryl methyl sites for hydroxylation is 1. The summed E-state index contributed by atoms with van der Waals surface area (Å²) in [7, 11) is 0. The number of anilines is 1. The lowest BCUT2D eigenvalue weighted by Gasteiger charge is -2.18. The minimum Gasteiger partial charge on any atom is -0.371 e. The van der Waals surface area contributed by atoms with Crippen molar-refractivity contribution in [1.29, 1.82) is 0 Å². The highest BCUT2D eigenvalue weighted by molar-refractivity contribution is 5.75. The molecule has 0 spiro atoms. The third-order valence-corrected chi connectivity index (χ3v) is 4.32. The SMILES string of the molecule is O=C(CCCn1cncn1)NC[C@H]1CCN(c2ccc(F)cc2)C1. The van der Waals surface area contributed by atoms with E-state index in [1.54, 1.807) is 23.1 Å². The molecule has 0 saturated carbocycles. The number of carbonyl (C=O) groups excluding carboxylic acids is 1. The fourth-order valence-corrected chi connectivity index (χ4v) is 2.98. The van der Waals surface area contributed by atoms with Crippen molar-refractivity contribution < 1.29 is 9.18 Å². The molecule has 0 unspecified atom stereocenters. The second-order valence-electron chi connectivity index (χ2n) is 6.14. The van der Waals surface area contributed by atoms with Gasteiger partial charge in [-0.05, 0) is 43.0 Å². The molecule has 0 radical (unpaired) electrons. The number of aromatic nitrogens is 3. The number of amides is 1. The number of carbonyl (C=O) groups is 1. The molecule has 0 bridgehead atoms. The maximum Gasteiger partial charge on any atom is 0.220 e. The Labute approximate surface area is 140 Å². The molecule has 1 aliphatic rings. The number of hydrogen-bond donors (Lipinski definition) is 1. The van der Waals surface area contributed by atoms with Gasteiger partial charge in [-0.2, -0.15) is 5.10 Å². The van der Waals surface area contributed by atoms with Crippen LogP contribution in [0.15, 0.2) is 36.9 Å². The highest BCUT2D eigenvalue weighted by atomic mass is 19.1. The van der Waals surface area contributed by atoms with E-state index in [1.807, 2.05) is 0 Å². The Bertz CT molecular complexity index is 644.